The third kappa shape index (κ3) is 8.56. The fourth-order valence-electron chi connectivity index (χ4n) is 0.602. The molecule has 1 amide bonds. The van der Waals surface area contributed by atoms with Gasteiger partial charge in [-0.05, 0) is 19.2 Å². The van der Waals surface area contributed by atoms with Gasteiger partial charge in [0, 0.05) is 5.69 Å². The second-order valence-electron chi connectivity index (χ2n) is 1.63. The Balaban J connectivity index is 0. The molecule has 3 heteroatoms. The highest BCUT2D eigenvalue weighted by atomic mass is 16.1. The van der Waals surface area contributed by atoms with Gasteiger partial charge in [0.1, 0.15) is 0 Å². The Hall–Kier alpha value is -1.35. The topological polar surface area (TPSA) is 55.1 Å². The van der Waals surface area contributed by atoms with E-state index in [2.05, 4.69) is 11.1 Å². The lowest BCUT2D eigenvalue weighted by Gasteiger charge is -1.93. The van der Waals surface area contributed by atoms with Crippen molar-refractivity contribution in [1.29, 1.82) is 0 Å². The molecule has 0 aliphatic carbocycles. The minimum atomic E-state index is 0.662. The van der Waals surface area contributed by atoms with E-state index in [1.54, 1.807) is 0 Å². The van der Waals surface area contributed by atoms with Crippen molar-refractivity contribution in [2.45, 2.75) is 13.8 Å². The number of carbonyl (C=O) groups is 1. The monoisotopic (exact) mass is 182 g/mol. The van der Waals surface area contributed by atoms with E-state index in [0.717, 1.165) is 5.69 Å². The van der Waals surface area contributed by atoms with Crippen molar-refractivity contribution in [3.05, 3.63) is 30.3 Å². The van der Waals surface area contributed by atoms with Gasteiger partial charge in [-0.1, -0.05) is 32.0 Å². The highest BCUT2D eigenvalue weighted by molar-refractivity contribution is 5.70. The van der Waals surface area contributed by atoms with Crippen LogP contribution in [0.1, 0.15) is 13.8 Å². The van der Waals surface area contributed by atoms with Crippen LogP contribution in [-0.4, -0.2) is 13.5 Å². The van der Waals surface area contributed by atoms with Crippen LogP contribution >= 0.6 is 0 Å². The maximum Gasteiger partial charge on any atom is 0.211 e. The molecular weight excluding hydrogens is 164 g/mol. The van der Waals surface area contributed by atoms with Crippen molar-refractivity contribution in [3.8, 4) is 0 Å². The van der Waals surface area contributed by atoms with Crippen molar-refractivity contribution in [1.82, 2.24) is 0 Å². The molecule has 0 bridgehead atoms. The van der Waals surface area contributed by atoms with E-state index in [-0.39, 0.29) is 0 Å². The number of amides is 1. The van der Waals surface area contributed by atoms with E-state index < -0.39 is 0 Å². The first-order valence-corrected chi connectivity index (χ1v) is 4.26. The van der Waals surface area contributed by atoms with E-state index in [0.29, 0.717) is 6.41 Å². The molecule has 74 valence electrons. The third-order valence-electron chi connectivity index (χ3n) is 0.999. The largest absolute Gasteiger partial charge is 0.333 e. The number of nitrogens with two attached hydrogens (primary N) is 1. The Morgan fingerprint density at radius 1 is 1.15 bits per heavy atom. The van der Waals surface area contributed by atoms with Crippen molar-refractivity contribution in [2.75, 3.05) is 12.4 Å². The number of para-hydroxylation sites is 1. The highest BCUT2D eigenvalue weighted by Crippen LogP contribution is 2.01. The van der Waals surface area contributed by atoms with Crippen LogP contribution in [0.3, 0.4) is 0 Å². The van der Waals surface area contributed by atoms with Crippen molar-refractivity contribution in [2.24, 2.45) is 5.73 Å². The fraction of sp³-hybridized carbons (Fsp3) is 0.300. The van der Waals surface area contributed by atoms with Gasteiger partial charge in [0.25, 0.3) is 0 Å². The van der Waals surface area contributed by atoms with Gasteiger partial charge >= 0.3 is 0 Å². The number of carbonyl (C=O) groups excluding carboxylic acids is 1. The first kappa shape index (κ1) is 14.2. The lowest BCUT2D eigenvalue weighted by molar-refractivity contribution is -0.105. The summed E-state index contributed by atoms with van der Waals surface area (Å²) in [5.74, 6) is 0. The molecule has 3 N–H and O–H groups in total. The summed E-state index contributed by atoms with van der Waals surface area (Å²) >= 11 is 0. The van der Waals surface area contributed by atoms with Crippen LogP contribution in [0, 0.1) is 0 Å². The van der Waals surface area contributed by atoms with Gasteiger partial charge in [0.05, 0.1) is 0 Å². The maximum absolute atomic E-state index is 9.86. The summed E-state index contributed by atoms with van der Waals surface area (Å²) in [7, 11) is 1.50. The third-order valence-corrected chi connectivity index (χ3v) is 0.999. The van der Waals surface area contributed by atoms with Gasteiger partial charge in [-0.3, -0.25) is 4.79 Å². The fourth-order valence-corrected chi connectivity index (χ4v) is 0.602. The number of nitrogens with one attached hydrogen (secondary N) is 1. The summed E-state index contributed by atoms with van der Waals surface area (Å²) in [4.78, 5) is 9.86. The standard InChI is InChI=1S/C7H7NO.C2H6.CH5N/c9-6-8-7-4-2-1-3-5-7;2*1-2/h1-6H,(H,8,9);1-2H3;2H2,1H3. The molecule has 1 aromatic carbocycles. The van der Waals surface area contributed by atoms with E-state index in [1.807, 2.05) is 44.2 Å². The minimum Gasteiger partial charge on any atom is -0.333 e. The number of anilines is 1. The van der Waals surface area contributed by atoms with Crippen LogP contribution in [0.2, 0.25) is 0 Å². The van der Waals surface area contributed by atoms with Gasteiger partial charge in [0.15, 0.2) is 0 Å². The zero-order valence-corrected chi connectivity index (χ0v) is 8.45. The number of benzene rings is 1. The summed E-state index contributed by atoms with van der Waals surface area (Å²) in [6.45, 7) is 4.00. The van der Waals surface area contributed by atoms with Gasteiger partial charge in [-0.25, -0.2) is 0 Å². The lowest BCUT2D eigenvalue weighted by atomic mass is 10.3. The number of hydrogen-bond donors (Lipinski definition) is 2. The summed E-state index contributed by atoms with van der Waals surface area (Å²) in [6, 6.07) is 9.29. The Labute approximate surface area is 80.0 Å². The zero-order chi connectivity index (χ0) is 10.5. The van der Waals surface area contributed by atoms with E-state index >= 15 is 0 Å². The lowest BCUT2D eigenvalue weighted by Crippen LogP contribution is -1.91. The van der Waals surface area contributed by atoms with Gasteiger partial charge < -0.3 is 11.1 Å². The maximum atomic E-state index is 9.86. The number of hydrogen-bond acceptors (Lipinski definition) is 2. The first-order chi connectivity index (χ1) is 6.43. The Kier molecular flexibility index (Phi) is 14.5. The molecule has 0 aliphatic rings. The molecule has 0 radical (unpaired) electrons. The van der Waals surface area contributed by atoms with Crippen LogP contribution in [0.4, 0.5) is 5.69 Å². The molecule has 0 atom stereocenters. The highest BCUT2D eigenvalue weighted by Gasteiger charge is 1.81. The van der Waals surface area contributed by atoms with Crippen LogP contribution in [0.25, 0.3) is 0 Å². The van der Waals surface area contributed by atoms with Gasteiger partial charge in [-0.15, -0.1) is 0 Å². The van der Waals surface area contributed by atoms with Crippen molar-refractivity contribution >= 4 is 12.1 Å². The van der Waals surface area contributed by atoms with Gasteiger partial charge in [-0.2, -0.15) is 0 Å². The van der Waals surface area contributed by atoms with E-state index in [4.69, 9.17) is 0 Å². The SMILES string of the molecule is CC.CN.O=CNc1ccccc1. The molecule has 3 nitrogen and oxygen atoms in total. The molecule has 0 unspecified atom stereocenters. The van der Waals surface area contributed by atoms with Gasteiger partial charge in [0.2, 0.25) is 6.41 Å². The summed E-state index contributed by atoms with van der Waals surface area (Å²) < 4.78 is 0. The summed E-state index contributed by atoms with van der Waals surface area (Å²) in [5, 5.41) is 2.53. The average Bonchev–Trinajstić information content (AvgIpc) is 2.26. The minimum absolute atomic E-state index is 0.662. The predicted octanol–water partition coefficient (Wildman–Crippen LogP) is 1.86. The molecule has 0 fully saturated rings. The molecule has 0 aromatic heterocycles. The zero-order valence-electron chi connectivity index (χ0n) is 8.45. The van der Waals surface area contributed by atoms with Crippen molar-refractivity contribution < 1.29 is 4.79 Å². The van der Waals surface area contributed by atoms with E-state index in [9.17, 15) is 4.79 Å². The Morgan fingerprint density at radius 2 is 1.62 bits per heavy atom. The molecule has 0 spiro atoms. The molecule has 13 heavy (non-hydrogen) atoms. The number of rotatable bonds is 2. The second-order valence-corrected chi connectivity index (χ2v) is 1.63. The molecule has 1 aromatic rings. The Bertz CT molecular complexity index is 187. The van der Waals surface area contributed by atoms with Crippen LogP contribution < -0.4 is 11.1 Å². The molecule has 1 rings (SSSR count). The van der Waals surface area contributed by atoms with Crippen molar-refractivity contribution in [3.63, 3.8) is 0 Å². The summed E-state index contributed by atoms with van der Waals surface area (Å²) in [6.07, 6.45) is 0.662. The summed E-state index contributed by atoms with van der Waals surface area (Å²) in [5.41, 5.74) is 5.33. The first-order valence-electron chi connectivity index (χ1n) is 4.26. The van der Waals surface area contributed by atoms with Crippen LogP contribution in [0.5, 0.6) is 0 Å². The molecule has 0 saturated heterocycles. The quantitative estimate of drug-likeness (QED) is 0.686. The van der Waals surface area contributed by atoms with E-state index in [1.165, 1.54) is 7.05 Å². The molecule has 0 aliphatic heterocycles. The predicted molar refractivity (Wildman–Crippen MR) is 57.6 cm³/mol. The second kappa shape index (κ2) is 13.3. The van der Waals surface area contributed by atoms with Crippen LogP contribution in [0.15, 0.2) is 30.3 Å². The normalized spacial score (nSPS) is 6.77. The molecular formula is C10H18N2O. The van der Waals surface area contributed by atoms with Crippen LogP contribution in [-0.2, 0) is 4.79 Å². The molecule has 0 heterocycles. The smallest absolute Gasteiger partial charge is 0.211 e. The molecule has 0 saturated carbocycles. The average molecular weight is 182 g/mol. The Morgan fingerprint density at radius 3 is 2.00 bits per heavy atom.